The van der Waals surface area contributed by atoms with Crippen molar-refractivity contribution >= 4 is 28.5 Å². The zero-order valence-electron chi connectivity index (χ0n) is 21.0. The number of benzene rings is 2. The van der Waals surface area contributed by atoms with Gasteiger partial charge in [-0.1, -0.05) is 45.4 Å². The van der Waals surface area contributed by atoms with Crippen LogP contribution in [0.4, 0.5) is 0 Å². The van der Waals surface area contributed by atoms with Crippen molar-refractivity contribution in [1.82, 2.24) is 25.1 Å². The predicted octanol–water partition coefficient (Wildman–Crippen LogP) is 5.99. The summed E-state index contributed by atoms with van der Waals surface area (Å²) >= 11 is 6.71. The average molecular weight is 494 g/mol. The molecule has 2 aromatic carbocycles. The van der Waals surface area contributed by atoms with E-state index in [2.05, 4.69) is 55.2 Å². The van der Waals surface area contributed by atoms with Gasteiger partial charge in [0.15, 0.2) is 0 Å². The van der Waals surface area contributed by atoms with Crippen molar-refractivity contribution in [3.8, 4) is 5.75 Å². The van der Waals surface area contributed by atoms with Crippen LogP contribution in [0.1, 0.15) is 73.0 Å². The number of nitrogens with zero attached hydrogens (tertiary/aromatic N) is 3. The fourth-order valence-corrected chi connectivity index (χ4v) is 4.76. The summed E-state index contributed by atoms with van der Waals surface area (Å²) in [5, 5.41) is 7.99. The van der Waals surface area contributed by atoms with Crippen LogP contribution in [0.5, 0.6) is 5.75 Å². The number of carbonyl (C=O) groups excluding carboxylic acids is 1. The number of imidazole rings is 1. The van der Waals surface area contributed by atoms with Crippen LogP contribution in [0.15, 0.2) is 48.7 Å². The summed E-state index contributed by atoms with van der Waals surface area (Å²) in [6.45, 7) is 8.55. The number of aromatic amines is 1. The van der Waals surface area contributed by atoms with E-state index < -0.39 is 6.04 Å². The molecule has 0 saturated heterocycles. The maximum Gasteiger partial charge on any atom is 0.270 e. The van der Waals surface area contributed by atoms with Crippen LogP contribution in [-0.2, 0) is 7.05 Å². The van der Waals surface area contributed by atoms with E-state index in [-0.39, 0.29) is 17.7 Å². The van der Waals surface area contributed by atoms with Crippen molar-refractivity contribution in [2.24, 2.45) is 13.0 Å². The highest BCUT2D eigenvalue weighted by atomic mass is 35.5. The Labute approximate surface area is 210 Å². The third kappa shape index (κ3) is 5.05. The number of fused-ring (bicyclic) bond motifs is 1. The van der Waals surface area contributed by atoms with Crippen molar-refractivity contribution in [1.29, 1.82) is 0 Å². The molecule has 2 atom stereocenters. The number of amides is 1. The molecule has 2 aromatic heterocycles. The Bertz CT molecular complexity index is 1340. The lowest BCUT2D eigenvalue weighted by molar-refractivity contribution is 0.0913. The summed E-state index contributed by atoms with van der Waals surface area (Å²) in [5.41, 5.74) is 4.36. The highest BCUT2D eigenvalue weighted by Crippen LogP contribution is 2.41. The first-order valence-electron chi connectivity index (χ1n) is 11.8. The molecule has 4 aromatic rings. The minimum atomic E-state index is -0.475. The maximum absolute atomic E-state index is 13.4. The van der Waals surface area contributed by atoms with Crippen molar-refractivity contribution < 1.29 is 9.53 Å². The van der Waals surface area contributed by atoms with Gasteiger partial charge < -0.3 is 15.0 Å². The molecule has 2 unspecified atom stereocenters. The predicted molar refractivity (Wildman–Crippen MR) is 139 cm³/mol. The number of halogens is 1. The van der Waals surface area contributed by atoms with Gasteiger partial charge in [0.2, 0.25) is 0 Å². The third-order valence-corrected chi connectivity index (χ3v) is 6.81. The zero-order valence-corrected chi connectivity index (χ0v) is 21.7. The topological polar surface area (TPSA) is 84.8 Å². The van der Waals surface area contributed by atoms with Gasteiger partial charge in [-0.25, -0.2) is 4.98 Å². The molecule has 0 aliphatic heterocycles. The highest BCUT2D eigenvalue weighted by Gasteiger charge is 2.34. The maximum atomic E-state index is 13.4. The molecule has 2 heterocycles. The highest BCUT2D eigenvalue weighted by molar-refractivity contribution is 6.31. The second kappa shape index (κ2) is 10.1. The molecular formula is C27H32ClN5O2. The van der Waals surface area contributed by atoms with Crippen LogP contribution in [-0.4, -0.2) is 32.8 Å². The molecule has 35 heavy (non-hydrogen) atoms. The minimum Gasteiger partial charge on any atom is -0.497 e. The van der Waals surface area contributed by atoms with E-state index in [0.29, 0.717) is 28.2 Å². The second-order valence-electron chi connectivity index (χ2n) is 9.50. The normalized spacial score (nSPS) is 13.4. The number of hydrogen-bond donors (Lipinski definition) is 2. The molecule has 0 bridgehead atoms. The van der Waals surface area contributed by atoms with Crippen molar-refractivity contribution in [2.45, 2.75) is 45.6 Å². The van der Waals surface area contributed by atoms with Gasteiger partial charge in [-0.05, 0) is 59.4 Å². The minimum absolute atomic E-state index is 0.121. The Morgan fingerprint density at radius 1 is 1.11 bits per heavy atom. The molecule has 4 rings (SSSR count). The SMILES string of the molecule is COc1ccc(Cl)c(C(C(C)C)C(NC(=O)c2ccnn2C)c2nc3ccc(C(C)C)cc3[nH]2)c1. The van der Waals surface area contributed by atoms with Crippen LogP contribution >= 0.6 is 11.6 Å². The molecule has 0 saturated carbocycles. The smallest absolute Gasteiger partial charge is 0.270 e. The average Bonchev–Trinajstić information content (AvgIpc) is 3.44. The van der Waals surface area contributed by atoms with Gasteiger partial charge in [0.1, 0.15) is 17.3 Å². The summed E-state index contributed by atoms with van der Waals surface area (Å²) in [4.78, 5) is 21.8. The largest absolute Gasteiger partial charge is 0.497 e. The van der Waals surface area contributed by atoms with Gasteiger partial charge in [0.05, 0.1) is 24.2 Å². The van der Waals surface area contributed by atoms with E-state index in [1.807, 2.05) is 24.3 Å². The molecular weight excluding hydrogens is 462 g/mol. The molecule has 0 aliphatic rings. The lowest BCUT2D eigenvalue weighted by atomic mass is 9.81. The molecule has 0 radical (unpaired) electrons. The number of rotatable bonds is 8. The fraction of sp³-hybridized carbons (Fsp3) is 0.370. The summed E-state index contributed by atoms with van der Waals surface area (Å²) in [5.74, 6) is 1.48. The van der Waals surface area contributed by atoms with Crippen LogP contribution < -0.4 is 10.1 Å². The Kier molecular flexibility index (Phi) is 7.17. The van der Waals surface area contributed by atoms with Crippen LogP contribution in [0.25, 0.3) is 11.0 Å². The standard InChI is InChI=1S/C27H32ClN5O2/c1-15(2)17-7-10-21-22(13-17)31-26(30-21)25(32-27(34)23-11-12-29-33(23)5)24(16(3)4)19-14-18(35-6)8-9-20(19)28/h7-16,24-25H,1-6H3,(H,30,31)(H,32,34). The number of methoxy groups -OCH3 is 1. The van der Waals surface area contributed by atoms with E-state index in [4.69, 9.17) is 21.3 Å². The number of carbonyl (C=O) groups is 1. The number of aromatic nitrogens is 4. The lowest BCUT2D eigenvalue weighted by Crippen LogP contribution is -2.36. The van der Waals surface area contributed by atoms with Gasteiger partial charge in [-0.2, -0.15) is 5.10 Å². The fourth-order valence-electron chi connectivity index (χ4n) is 4.52. The van der Waals surface area contributed by atoms with Crippen LogP contribution in [0, 0.1) is 5.92 Å². The van der Waals surface area contributed by atoms with E-state index in [0.717, 1.165) is 16.6 Å². The van der Waals surface area contributed by atoms with E-state index in [9.17, 15) is 4.79 Å². The molecule has 2 N–H and O–H groups in total. The molecule has 8 heteroatoms. The molecule has 7 nitrogen and oxygen atoms in total. The zero-order chi connectivity index (χ0) is 25.3. The number of ether oxygens (including phenoxy) is 1. The number of H-pyrrole nitrogens is 1. The van der Waals surface area contributed by atoms with Crippen molar-refractivity contribution in [2.75, 3.05) is 7.11 Å². The Morgan fingerprint density at radius 3 is 2.51 bits per heavy atom. The van der Waals surface area contributed by atoms with E-state index in [1.165, 1.54) is 5.56 Å². The number of nitrogens with one attached hydrogen (secondary N) is 2. The first-order valence-corrected chi connectivity index (χ1v) is 12.2. The Balaban J connectivity index is 1.85. The van der Waals surface area contributed by atoms with Gasteiger partial charge in [0.25, 0.3) is 5.91 Å². The number of hydrogen-bond acceptors (Lipinski definition) is 4. The van der Waals surface area contributed by atoms with Gasteiger partial charge >= 0.3 is 0 Å². The molecule has 184 valence electrons. The van der Waals surface area contributed by atoms with Crippen LogP contribution in [0.3, 0.4) is 0 Å². The summed E-state index contributed by atoms with van der Waals surface area (Å²) < 4.78 is 7.04. The first-order chi connectivity index (χ1) is 16.7. The molecule has 0 spiro atoms. The molecule has 1 amide bonds. The van der Waals surface area contributed by atoms with Crippen molar-refractivity contribution in [3.05, 3.63) is 76.3 Å². The first kappa shape index (κ1) is 24.8. The Hall–Kier alpha value is -3.32. The summed E-state index contributed by atoms with van der Waals surface area (Å²) in [7, 11) is 3.38. The quantitative estimate of drug-likeness (QED) is 0.315. The van der Waals surface area contributed by atoms with Gasteiger partial charge in [-0.3, -0.25) is 9.48 Å². The van der Waals surface area contributed by atoms with E-state index >= 15 is 0 Å². The van der Waals surface area contributed by atoms with Crippen molar-refractivity contribution in [3.63, 3.8) is 0 Å². The third-order valence-electron chi connectivity index (χ3n) is 6.47. The second-order valence-corrected chi connectivity index (χ2v) is 9.91. The summed E-state index contributed by atoms with van der Waals surface area (Å²) in [6.07, 6.45) is 1.61. The van der Waals surface area contributed by atoms with Crippen LogP contribution in [0.2, 0.25) is 5.02 Å². The lowest BCUT2D eigenvalue weighted by Gasteiger charge is -2.31. The molecule has 0 fully saturated rings. The van der Waals surface area contributed by atoms with E-state index in [1.54, 1.807) is 31.1 Å². The monoisotopic (exact) mass is 493 g/mol. The van der Waals surface area contributed by atoms with Gasteiger partial charge in [-0.15, -0.1) is 0 Å². The Morgan fingerprint density at radius 2 is 1.89 bits per heavy atom. The molecule has 0 aliphatic carbocycles. The number of aryl methyl sites for hydroxylation is 1. The van der Waals surface area contributed by atoms with Gasteiger partial charge in [0, 0.05) is 24.2 Å². The summed E-state index contributed by atoms with van der Waals surface area (Å²) in [6, 6.07) is 13.1.